The van der Waals surface area contributed by atoms with Gasteiger partial charge in [-0.15, -0.1) is 0 Å². The van der Waals surface area contributed by atoms with Crippen molar-refractivity contribution in [1.82, 2.24) is 9.88 Å². The van der Waals surface area contributed by atoms with Crippen molar-refractivity contribution in [1.29, 1.82) is 0 Å². The number of ether oxygens (including phenoxy) is 2. The number of hydrogen-bond donors (Lipinski definition) is 2. The quantitative estimate of drug-likeness (QED) is 0.337. The first-order valence-corrected chi connectivity index (χ1v) is 14.2. The molecule has 0 bridgehead atoms. The van der Waals surface area contributed by atoms with Gasteiger partial charge in [0, 0.05) is 31.1 Å². The summed E-state index contributed by atoms with van der Waals surface area (Å²) in [5.74, 6) is -4.74. The van der Waals surface area contributed by atoms with E-state index in [1.807, 2.05) is 13.0 Å². The van der Waals surface area contributed by atoms with E-state index in [0.717, 1.165) is 30.9 Å². The van der Waals surface area contributed by atoms with Crippen LogP contribution in [0.25, 0.3) is 0 Å². The molecular weight excluding hydrogens is 523 g/mol. The predicted molar refractivity (Wildman–Crippen MR) is 144 cm³/mol. The second-order valence-electron chi connectivity index (χ2n) is 11.6. The average Bonchev–Trinajstić information content (AvgIpc) is 3.40. The normalized spacial score (nSPS) is 21.4. The van der Waals surface area contributed by atoms with Gasteiger partial charge in [0.15, 0.2) is 0 Å². The molecule has 2 saturated heterocycles. The number of carbonyl (C=O) groups is 1. The Kier molecular flexibility index (Phi) is 8.68. The second-order valence-corrected chi connectivity index (χ2v) is 11.6. The molecule has 7 nitrogen and oxygen atoms in total. The van der Waals surface area contributed by atoms with E-state index in [0.29, 0.717) is 38.0 Å². The Morgan fingerprint density at radius 1 is 1.30 bits per heavy atom. The van der Waals surface area contributed by atoms with Crippen molar-refractivity contribution in [2.24, 2.45) is 5.92 Å². The van der Waals surface area contributed by atoms with E-state index in [1.165, 1.54) is 28.7 Å². The lowest BCUT2D eigenvalue weighted by atomic mass is 9.94. The van der Waals surface area contributed by atoms with Crippen LogP contribution in [0, 0.1) is 11.7 Å². The van der Waals surface area contributed by atoms with Crippen LogP contribution in [0.4, 0.5) is 19.0 Å². The predicted octanol–water partition coefficient (Wildman–Crippen LogP) is 5.38. The van der Waals surface area contributed by atoms with Gasteiger partial charge in [0.25, 0.3) is 5.92 Å². The zero-order chi connectivity index (χ0) is 28.3. The fourth-order valence-corrected chi connectivity index (χ4v) is 5.91. The summed E-state index contributed by atoms with van der Waals surface area (Å²) in [7, 11) is 0. The molecule has 40 heavy (non-hydrogen) atoms. The molecule has 10 heteroatoms. The van der Waals surface area contributed by atoms with Gasteiger partial charge in [0.1, 0.15) is 23.3 Å². The van der Waals surface area contributed by atoms with E-state index in [4.69, 9.17) is 9.47 Å². The highest BCUT2D eigenvalue weighted by Gasteiger charge is 2.46. The highest BCUT2D eigenvalue weighted by Crippen LogP contribution is 2.40. The first kappa shape index (κ1) is 28.8. The van der Waals surface area contributed by atoms with E-state index >= 15 is 8.78 Å². The van der Waals surface area contributed by atoms with Crippen molar-refractivity contribution in [3.63, 3.8) is 0 Å². The number of benzene rings is 1. The van der Waals surface area contributed by atoms with Crippen molar-refractivity contribution < 1.29 is 32.5 Å². The molecule has 2 fully saturated rings. The molecule has 0 saturated carbocycles. The maximum absolute atomic E-state index is 15.3. The van der Waals surface area contributed by atoms with Crippen LogP contribution in [0.1, 0.15) is 67.5 Å². The third-order valence-electron chi connectivity index (χ3n) is 8.35. The molecule has 5 rings (SSSR count). The Hall–Kier alpha value is -2.69. The molecule has 3 aliphatic heterocycles. The number of anilines is 1. The third kappa shape index (κ3) is 6.61. The molecule has 218 valence electrons. The summed E-state index contributed by atoms with van der Waals surface area (Å²) in [5, 5.41) is 13.4. The van der Waals surface area contributed by atoms with Crippen molar-refractivity contribution in [2.45, 2.75) is 76.0 Å². The van der Waals surface area contributed by atoms with Crippen molar-refractivity contribution in [3.8, 4) is 0 Å². The summed E-state index contributed by atoms with van der Waals surface area (Å²) in [6.45, 7) is 3.87. The standard InChI is InChI=1S/C30H38F3N3O4/c1-29(18-39-19-29)40-17-21-7-9-23(31)15-25(21)26(28(37)38)36-14-11-22(16-36)30(32,33)12-3-2-6-24-10-8-20-5-4-13-34-27(20)35-24/h7-10,15,22,26H,2-6,11-14,16-19H2,1H3,(H,34,35)(H,37,38)/t22-,26?/m1/s1. The number of rotatable bonds is 12. The second kappa shape index (κ2) is 12.0. The fourth-order valence-electron chi connectivity index (χ4n) is 5.91. The van der Waals surface area contributed by atoms with Gasteiger partial charge in [-0.05, 0) is 86.9 Å². The van der Waals surface area contributed by atoms with Gasteiger partial charge in [-0.3, -0.25) is 9.69 Å². The minimum Gasteiger partial charge on any atom is -0.480 e. The van der Waals surface area contributed by atoms with Crippen LogP contribution in [0.5, 0.6) is 0 Å². The molecule has 0 radical (unpaired) electrons. The molecule has 4 heterocycles. The molecule has 1 unspecified atom stereocenters. The largest absolute Gasteiger partial charge is 0.480 e. The molecule has 0 amide bonds. The molecule has 2 aromatic rings. The number of fused-ring (bicyclic) bond motifs is 1. The smallest absolute Gasteiger partial charge is 0.325 e. The van der Waals surface area contributed by atoms with E-state index < -0.39 is 35.3 Å². The van der Waals surface area contributed by atoms with Crippen LogP contribution < -0.4 is 5.32 Å². The molecule has 1 aromatic heterocycles. The Morgan fingerprint density at radius 2 is 2.12 bits per heavy atom. The van der Waals surface area contributed by atoms with Crippen LogP contribution in [0.2, 0.25) is 0 Å². The number of carboxylic acids is 1. The lowest BCUT2D eigenvalue weighted by Gasteiger charge is -2.38. The number of nitrogens with zero attached hydrogens (tertiary/aromatic N) is 2. The Balaban J connectivity index is 1.18. The summed E-state index contributed by atoms with van der Waals surface area (Å²) in [4.78, 5) is 18.6. The number of aryl methyl sites for hydroxylation is 2. The first-order chi connectivity index (χ1) is 19.1. The number of carboxylic acid groups (broad SMARTS) is 1. The summed E-state index contributed by atoms with van der Waals surface area (Å²) in [5.41, 5.74) is 2.40. The summed E-state index contributed by atoms with van der Waals surface area (Å²) in [6, 6.07) is 6.78. The fraction of sp³-hybridized carbons (Fsp3) is 0.600. The maximum atomic E-state index is 15.3. The van der Waals surface area contributed by atoms with E-state index in [2.05, 4.69) is 16.4 Å². The monoisotopic (exact) mass is 561 g/mol. The lowest BCUT2D eigenvalue weighted by molar-refractivity contribution is -0.204. The number of aromatic nitrogens is 1. The van der Waals surface area contributed by atoms with E-state index in [1.54, 1.807) is 0 Å². The van der Waals surface area contributed by atoms with Crippen LogP contribution in [-0.2, 0) is 33.7 Å². The molecule has 2 N–H and O–H groups in total. The number of alkyl halides is 2. The van der Waals surface area contributed by atoms with Crippen molar-refractivity contribution in [2.75, 3.05) is 38.2 Å². The van der Waals surface area contributed by atoms with Crippen LogP contribution in [0.3, 0.4) is 0 Å². The minimum absolute atomic E-state index is 0.0651. The number of pyridine rings is 1. The number of aliphatic carboxylic acids is 1. The van der Waals surface area contributed by atoms with Crippen LogP contribution in [0.15, 0.2) is 30.3 Å². The minimum atomic E-state index is -2.92. The first-order valence-electron chi connectivity index (χ1n) is 14.2. The molecule has 0 spiro atoms. The number of halogens is 3. The molecule has 3 aliphatic rings. The highest BCUT2D eigenvalue weighted by atomic mass is 19.3. The zero-order valence-electron chi connectivity index (χ0n) is 22.9. The SMILES string of the molecule is CC1(OCc2ccc(F)cc2C(C(=O)O)N2CC[C@@H](C(F)(F)CCCCc3ccc4c(n3)NCCC4)C2)COC1. The Labute approximate surface area is 233 Å². The van der Waals surface area contributed by atoms with Crippen LogP contribution in [-0.4, -0.2) is 65.3 Å². The lowest BCUT2D eigenvalue weighted by Crippen LogP contribution is -2.49. The third-order valence-corrected chi connectivity index (χ3v) is 8.35. The van der Waals surface area contributed by atoms with Gasteiger partial charge < -0.3 is 19.9 Å². The van der Waals surface area contributed by atoms with Gasteiger partial charge in [0.05, 0.1) is 19.8 Å². The van der Waals surface area contributed by atoms with Gasteiger partial charge in [0.2, 0.25) is 0 Å². The van der Waals surface area contributed by atoms with E-state index in [9.17, 15) is 14.3 Å². The molecule has 2 atom stereocenters. The number of nitrogens with one attached hydrogen (secondary N) is 1. The topological polar surface area (TPSA) is 83.9 Å². The molecular formula is C30H38F3N3O4. The summed E-state index contributed by atoms with van der Waals surface area (Å²) in [6.07, 6.45) is 3.61. The zero-order valence-corrected chi connectivity index (χ0v) is 22.9. The Morgan fingerprint density at radius 3 is 2.88 bits per heavy atom. The van der Waals surface area contributed by atoms with Gasteiger partial charge in [-0.2, -0.15) is 0 Å². The number of likely N-dealkylation sites (tertiary alicyclic amines) is 1. The van der Waals surface area contributed by atoms with Crippen LogP contribution >= 0.6 is 0 Å². The van der Waals surface area contributed by atoms with Gasteiger partial charge in [-0.1, -0.05) is 12.1 Å². The maximum Gasteiger partial charge on any atom is 0.325 e. The molecule has 1 aromatic carbocycles. The van der Waals surface area contributed by atoms with Gasteiger partial charge >= 0.3 is 5.97 Å². The molecule has 0 aliphatic carbocycles. The van der Waals surface area contributed by atoms with Crippen molar-refractivity contribution in [3.05, 3.63) is 58.5 Å². The van der Waals surface area contributed by atoms with E-state index in [-0.39, 0.29) is 38.1 Å². The summed E-state index contributed by atoms with van der Waals surface area (Å²) < 4.78 is 55.9. The number of unbranched alkanes of at least 4 members (excludes halogenated alkanes) is 1. The number of hydrogen-bond acceptors (Lipinski definition) is 6. The van der Waals surface area contributed by atoms with Crippen molar-refractivity contribution >= 4 is 11.8 Å². The summed E-state index contributed by atoms with van der Waals surface area (Å²) >= 11 is 0. The van der Waals surface area contributed by atoms with Gasteiger partial charge in [-0.25, -0.2) is 18.2 Å². The highest BCUT2D eigenvalue weighted by molar-refractivity contribution is 5.76. The average molecular weight is 562 g/mol. The Bertz CT molecular complexity index is 1210.